The predicted octanol–water partition coefficient (Wildman–Crippen LogP) is 1.40. The zero-order chi connectivity index (χ0) is 16.0. The zero-order valence-electron chi connectivity index (χ0n) is 12.3. The van der Waals surface area contributed by atoms with Crippen LogP contribution in [0.15, 0.2) is 17.7 Å². The first kappa shape index (κ1) is 17.0. The van der Waals surface area contributed by atoms with Crippen LogP contribution >= 0.6 is 0 Å². The number of carbonyl (C=O) groups is 1. The molecule has 6 heteroatoms. The van der Waals surface area contributed by atoms with E-state index >= 15 is 0 Å². The van der Waals surface area contributed by atoms with Gasteiger partial charge in [0, 0.05) is 16.7 Å². The molecule has 0 saturated heterocycles. The molecule has 0 atom stereocenters. The van der Waals surface area contributed by atoms with Crippen molar-refractivity contribution in [2.75, 3.05) is 13.7 Å². The van der Waals surface area contributed by atoms with Gasteiger partial charge in [-0.2, -0.15) is 0 Å². The van der Waals surface area contributed by atoms with Gasteiger partial charge in [0.25, 0.3) is 0 Å². The molecule has 0 radical (unpaired) electrons. The maximum Gasteiger partial charge on any atom is 0.331 e. The maximum absolute atomic E-state index is 10.7. The highest BCUT2D eigenvalue weighted by molar-refractivity contribution is 5.85. The highest BCUT2D eigenvalue weighted by atomic mass is 16.5. The van der Waals surface area contributed by atoms with E-state index < -0.39 is 5.97 Å². The van der Waals surface area contributed by atoms with Crippen molar-refractivity contribution >= 4 is 5.97 Å². The number of hydrogen-bond acceptors (Lipinski definition) is 5. The molecule has 21 heavy (non-hydrogen) atoms. The van der Waals surface area contributed by atoms with E-state index in [2.05, 4.69) is 0 Å². The smallest absolute Gasteiger partial charge is 0.331 e. The van der Waals surface area contributed by atoms with Gasteiger partial charge in [0.2, 0.25) is 0 Å². The van der Waals surface area contributed by atoms with E-state index in [0.717, 1.165) is 0 Å². The minimum absolute atomic E-state index is 0.0888. The highest BCUT2D eigenvalue weighted by Crippen LogP contribution is 2.34. The highest BCUT2D eigenvalue weighted by Gasteiger charge is 2.16. The Morgan fingerprint density at radius 3 is 2.48 bits per heavy atom. The minimum Gasteiger partial charge on any atom is -0.496 e. The number of methoxy groups -OCH3 is 1. The lowest BCUT2D eigenvalue weighted by atomic mass is 10.0. The molecule has 3 N–H and O–H groups in total. The molecule has 1 aromatic carbocycles. The molecular weight excluding hydrogens is 276 g/mol. The summed E-state index contributed by atoms with van der Waals surface area (Å²) in [5.74, 6) is -0.0693. The summed E-state index contributed by atoms with van der Waals surface area (Å²) in [6.45, 7) is 2.83. The van der Waals surface area contributed by atoms with Gasteiger partial charge in [-0.25, -0.2) is 4.79 Å². The molecule has 0 aliphatic carbocycles. The number of hydrogen-bond donors (Lipinski definition) is 3. The molecule has 1 aromatic rings. The number of benzene rings is 1. The monoisotopic (exact) mass is 296 g/mol. The third-order valence-electron chi connectivity index (χ3n) is 3.18. The van der Waals surface area contributed by atoms with Crippen molar-refractivity contribution in [3.05, 3.63) is 34.4 Å². The zero-order valence-corrected chi connectivity index (χ0v) is 12.3. The first-order valence-electron chi connectivity index (χ1n) is 6.40. The Kier molecular flexibility index (Phi) is 6.20. The molecule has 116 valence electrons. The fraction of sp³-hybridized carbons (Fsp3) is 0.400. The number of ether oxygens (including phenoxy) is 2. The van der Waals surface area contributed by atoms with Crippen molar-refractivity contribution < 1.29 is 29.6 Å². The summed E-state index contributed by atoms with van der Waals surface area (Å²) in [7, 11) is 1.47. The van der Waals surface area contributed by atoms with Crippen LogP contribution in [0.2, 0.25) is 0 Å². The molecule has 6 nitrogen and oxygen atoms in total. The third kappa shape index (κ3) is 3.96. The second kappa shape index (κ2) is 7.66. The van der Waals surface area contributed by atoms with E-state index in [1.54, 1.807) is 13.0 Å². The van der Waals surface area contributed by atoms with Gasteiger partial charge in [-0.15, -0.1) is 0 Å². The summed E-state index contributed by atoms with van der Waals surface area (Å²) in [5, 5.41) is 27.5. The van der Waals surface area contributed by atoms with Crippen molar-refractivity contribution in [2.45, 2.75) is 27.1 Å². The fourth-order valence-corrected chi connectivity index (χ4v) is 1.92. The number of aliphatic hydroxyl groups is 2. The van der Waals surface area contributed by atoms with Gasteiger partial charge in [-0.3, -0.25) is 0 Å². The molecule has 0 spiro atoms. The normalized spacial score (nSPS) is 11.4. The molecular formula is C15H20O6. The molecule has 0 saturated carbocycles. The quantitative estimate of drug-likeness (QED) is 0.658. The van der Waals surface area contributed by atoms with Crippen molar-refractivity contribution in [1.29, 1.82) is 0 Å². The molecule has 0 heterocycles. The largest absolute Gasteiger partial charge is 0.496 e. The molecule has 0 unspecified atom stereocenters. The van der Waals surface area contributed by atoms with Gasteiger partial charge in [-0.1, -0.05) is 0 Å². The van der Waals surface area contributed by atoms with Crippen LogP contribution in [-0.2, 0) is 18.0 Å². The van der Waals surface area contributed by atoms with E-state index in [9.17, 15) is 15.0 Å². The van der Waals surface area contributed by atoms with E-state index in [1.807, 2.05) is 0 Å². The van der Waals surface area contributed by atoms with Crippen LogP contribution in [0.5, 0.6) is 11.5 Å². The van der Waals surface area contributed by atoms with Crippen molar-refractivity contribution in [3.63, 3.8) is 0 Å². The summed E-state index contributed by atoms with van der Waals surface area (Å²) in [5.41, 5.74) is 1.89. The first-order chi connectivity index (χ1) is 9.96. The second-order valence-electron chi connectivity index (χ2n) is 4.49. The van der Waals surface area contributed by atoms with Crippen molar-refractivity contribution in [2.24, 2.45) is 0 Å². The van der Waals surface area contributed by atoms with Gasteiger partial charge in [0.15, 0.2) is 0 Å². The molecule has 0 fully saturated rings. The molecule has 0 aromatic heterocycles. The van der Waals surface area contributed by atoms with Crippen molar-refractivity contribution in [3.8, 4) is 11.5 Å². The maximum atomic E-state index is 10.7. The summed E-state index contributed by atoms with van der Waals surface area (Å²) in [4.78, 5) is 10.7. The molecule has 0 amide bonds. The van der Waals surface area contributed by atoms with E-state index in [1.165, 1.54) is 20.1 Å². The lowest BCUT2D eigenvalue weighted by Gasteiger charge is -2.17. The predicted molar refractivity (Wildman–Crippen MR) is 76.5 cm³/mol. The molecule has 0 aliphatic rings. The van der Waals surface area contributed by atoms with Crippen LogP contribution in [0.4, 0.5) is 0 Å². The third-order valence-corrected chi connectivity index (χ3v) is 3.18. The van der Waals surface area contributed by atoms with Crippen LogP contribution in [-0.4, -0.2) is 35.0 Å². The van der Waals surface area contributed by atoms with Gasteiger partial charge in [0.05, 0.1) is 20.3 Å². The Hall–Kier alpha value is -2.05. The topological polar surface area (TPSA) is 96.2 Å². The summed E-state index contributed by atoms with van der Waals surface area (Å²) in [6, 6.07) is 1.62. The van der Waals surface area contributed by atoms with Gasteiger partial charge < -0.3 is 24.8 Å². The molecule has 1 rings (SSSR count). The van der Waals surface area contributed by atoms with Crippen LogP contribution in [0, 0.1) is 6.92 Å². The number of aliphatic hydroxyl groups excluding tert-OH is 2. The number of aliphatic carboxylic acids is 1. The number of rotatable bonds is 7. The molecule has 0 bridgehead atoms. The minimum atomic E-state index is -1.00. The first-order valence-corrected chi connectivity index (χ1v) is 6.40. The number of carboxylic acids is 1. The number of carboxylic acid groups (broad SMARTS) is 1. The summed E-state index contributed by atoms with van der Waals surface area (Å²) >= 11 is 0. The average Bonchev–Trinajstić information content (AvgIpc) is 2.47. The average molecular weight is 296 g/mol. The Bertz CT molecular complexity index is 548. The fourth-order valence-electron chi connectivity index (χ4n) is 1.92. The van der Waals surface area contributed by atoms with E-state index in [0.29, 0.717) is 28.2 Å². The van der Waals surface area contributed by atoms with Gasteiger partial charge >= 0.3 is 5.97 Å². The van der Waals surface area contributed by atoms with E-state index in [4.69, 9.17) is 14.6 Å². The Labute approximate surface area is 123 Å². The van der Waals surface area contributed by atoms with Crippen LogP contribution < -0.4 is 9.47 Å². The van der Waals surface area contributed by atoms with Crippen LogP contribution in [0.3, 0.4) is 0 Å². The van der Waals surface area contributed by atoms with Crippen LogP contribution in [0.25, 0.3) is 0 Å². The lowest BCUT2D eigenvalue weighted by Crippen LogP contribution is -2.06. The standard InChI is InChI=1S/C15H20O6/c1-9(15(18)19)4-5-21-13-6-11(7-16)12(8-17)14(20-3)10(13)2/h4,6,16-17H,5,7-8H2,1-3H3,(H,18,19). The summed E-state index contributed by atoms with van der Waals surface area (Å²) < 4.78 is 10.8. The Balaban J connectivity index is 3.08. The Morgan fingerprint density at radius 2 is 2.00 bits per heavy atom. The lowest BCUT2D eigenvalue weighted by molar-refractivity contribution is -0.132. The van der Waals surface area contributed by atoms with Gasteiger partial charge in [0.1, 0.15) is 18.1 Å². The molecule has 0 aliphatic heterocycles. The van der Waals surface area contributed by atoms with Crippen molar-refractivity contribution in [1.82, 2.24) is 0 Å². The SMILES string of the molecule is COc1c(C)c(OCC=C(C)C(=O)O)cc(CO)c1CO. The Morgan fingerprint density at radius 1 is 1.33 bits per heavy atom. The summed E-state index contributed by atoms with van der Waals surface area (Å²) in [6.07, 6.45) is 1.45. The second-order valence-corrected chi connectivity index (χ2v) is 4.49. The van der Waals surface area contributed by atoms with Crippen LogP contribution in [0.1, 0.15) is 23.6 Å². The van der Waals surface area contributed by atoms with Gasteiger partial charge in [-0.05, 0) is 31.6 Å². The van der Waals surface area contributed by atoms with E-state index in [-0.39, 0.29) is 25.4 Å².